The predicted octanol–water partition coefficient (Wildman–Crippen LogP) is -0.195. The lowest BCUT2D eigenvalue weighted by Gasteiger charge is -2.25. The molecule has 0 fully saturated rings. The van der Waals surface area contributed by atoms with Gasteiger partial charge in [0.25, 0.3) is 0 Å². The van der Waals surface area contributed by atoms with Gasteiger partial charge in [0.2, 0.25) is 17.7 Å². The number of aldehydes is 1. The second-order valence-corrected chi connectivity index (χ2v) is 8.27. The van der Waals surface area contributed by atoms with E-state index in [1.165, 1.54) is 6.92 Å². The molecule has 0 spiro atoms. The average Bonchev–Trinajstić information content (AvgIpc) is 2.61. The third-order valence-corrected chi connectivity index (χ3v) is 4.20. The number of carbonyl (C=O) groups is 4. The third-order valence-electron chi connectivity index (χ3n) is 4.20. The first-order valence-electron chi connectivity index (χ1n) is 10.3. The van der Waals surface area contributed by atoms with Gasteiger partial charge in [-0.25, -0.2) is 0 Å². The van der Waals surface area contributed by atoms with Crippen LogP contribution in [0.4, 0.5) is 0 Å². The number of carbonyl (C=O) groups excluding carboxylic acids is 4. The minimum absolute atomic E-state index is 0.0310. The molecule has 3 amide bonds. The fourth-order valence-corrected chi connectivity index (χ4v) is 2.90. The van der Waals surface area contributed by atoms with Crippen LogP contribution in [0, 0.1) is 11.8 Å². The average molecular weight is 428 g/mol. The molecule has 0 rings (SSSR count). The van der Waals surface area contributed by atoms with Crippen molar-refractivity contribution in [3.05, 3.63) is 0 Å². The molecule has 0 heterocycles. The summed E-state index contributed by atoms with van der Waals surface area (Å²) in [5, 5.41) is 8.03. The molecule has 30 heavy (non-hydrogen) atoms. The summed E-state index contributed by atoms with van der Waals surface area (Å²) in [6.45, 7) is 9.43. The topological polar surface area (TPSA) is 169 Å². The van der Waals surface area contributed by atoms with Gasteiger partial charge in [0.1, 0.15) is 18.4 Å². The number of rotatable bonds is 14. The van der Waals surface area contributed by atoms with E-state index < -0.39 is 29.9 Å². The summed E-state index contributed by atoms with van der Waals surface area (Å²) in [4.78, 5) is 52.1. The number of hydrogen-bond acceptors (Lipinski definition) is 5. The highest BCUT2D eigenvalue weighted by Crippen LogP contribution is 2.09. The summed E-state index contributed by atoms with van der Waals surface area (Å²) in [6, 6.07) is -2.26. The van der Waals surface area contributed by atoms with E-state index in [9.17, 15) is 19.2 Å². The van der Waals surface area contributed by atoms with E-state index in [0.717, 1.165) is 0 Å². The van der Waals surface area contributed by atoms with Gasteiger partial charge in [-0.2, -0.15) is 0 Å². The van der Waals surface area contributed by atoms with Gasteiger partial charge in [-0.15, -0.1) is 0 Å². The molecule has 7 N–H and O–H groups in total. The van der Waals surface area contributed by atoms with Gasteiger partial charge in [-0.1, -0.05) is 27.7 Å². The second kappa shape index (κ2) is 14.4. The van der Waals surface area contributed by atoms with Crippen molar-refractivity contribution < 1.29 is 19.2 Å². The fraction of sp³-hybridized carbons (Fsp3) is 0.750. The molecule has 0 saturated heterocycles. The Kier molecular flexibility index (Phi) is 13.1. The van der Waals surface area contributed by atoms with E-state index in [0.29, 0.717) is 38.5 Å². The molecule has 0 bridgehead atoms. The van der Waals surface area contributed by atoms with Gasteiger partial charge in [-0.3, -0.25) is 19.4 Å². The number of aliphatic imine (C=N–C) groups is 1. The SMILES string of the molecule is CC(=O)N[C@@H](CC(C)C)C(=O)N[C@@H](CC(C)C)C(=O)N[C@@H](CCCN=C(N)N)[13CH]=O. The first-order chi connectivity index (χ1) is 14.0. The van der Waals surface area contributed by atoms with Gasteiger partial charge in [0, 0.05) is 13.5 Å². The van der Waals surface area contributed by atoms with Crippen LogP contribution in [0.15, 0.2) is 4.99 Å². The summed E-state index contributed by atoms with van der Waals surface area (Å²) in [5.74, 6) is -0.909. The standard InChI is InChI=1S/C20H38N6O4/c1-12(2)9-16(24-14(5)28)19(30)26-17(10-13(3)4)18(29)25-15(11-27)7-6-8-23-20(21)22/h11-13,15-17H,6-10H2,1-5H3,(H,24,28)(H,25,29)(H,26,30)(H4,21,22,23)/t15-,16-,17-/m0/s1/i11+1. The van der Waals surface area contributed by atoms with E-state index in [2.05, 4.69) is 20.9 Å². The summed E-state index contributed by atoms with van der Waals surface area (Å²) in [5.41, 5.74) is 10.5. The highest BCUT2D eigenvalue weighted by molar-refractivity contribution is 5.92. The zero-order chi connectivity index (χ0) is 23.3. The molecule has 0 unspecified atom stereocenters. The Labute approximate surface area is 179 Å². The smallest absolute Gasteiger partial charge is 0.243 e. The zero-order valence-electron chi connectivity index (χ0n) is 18.7. The molecule has 0 aromatic heterocycles. The molecular weight excluding hydrogens is 389 g/mol. The van der Waals surface area contributed by atoms with E-state index in [-0.39, 0.29) is 23.7 Å². The van der Waals surface area contributed by atoms with Crippen molar-refractivity contribution in [3.63, 3.8) is 0 Å². The first-order valence-corrected chi connectivity index (χ1v) is 10.3. The Balaban J connectivity index is 5.10. The van der Waals surface area contributed by atoms with Crippen molar-refractivity contribution in [2.75, 3.05) is 6.54 Å². The van der Waals surface area contributed by atoms with Gasteiger partial charge in [0.05, 0.1) is 6.04 Å². The molecule has 0 aliphatic heterocycles. The van der Waals surface area contributed by atoms with Crippen LogP contribution in [0.1, 0.15) is 60.3 Å². The molecular formula is C20H38N6O4. The number of hydrogen-bond donors (Lipinski definition) is 5. The fourth-order valence-electron chi connectivity index (χ4n) is 2.90. The maximum Gasteiger partial charge on any atom is 0.243 e. The molecule has 0 aromatic carbocycles. The van der Waals surface area contributed by atoms with Crippen molar-refractivity contribution >= 4 is 30.0 Å². The molecule has 10 heteroatoms. The Bertz CT molecular complexity index is 602. The molecule has 0 saturated carbocycles. The number of guanidine groups is 1. The Hall–Kier alpha value is -2.65. The van der Waals surface area contributed by atoms with Crippen molar-refractivity contribution in [2.45, 2.75) is 78.4 Å². The minimum Gasteiger partial charge on any atom is -0.370 e. The van der Waals surface area contributed by atoms with Crippen LogP contribution in [0.25, 0.3) is 0 Å². The maximum absolute atomic E-state index is 12.8. The number of nitrogens with one attached hydrogen (secondary N) is 3. The zero-order valence-corrected chi connectivity index (χ0v) is 18.7. The highest BCUT2D eigenvalue weighted by atomic mass is 16.2. The Morgan fingerprint density at radius 2 is 1.40 bits per heavy atom. The first kappa shape index (κ1) is 27.4. The van der Waals surface area contributed by atoms with E-state index >= 15 is 0 Å². The van der Waals surface area contributed by atoms with E-state index in [1.807, 2.05) is 27.7 Å². The number of nitrogens with zero attached hydrogens (tertiary/aromatic N) is 1. The Morgan fingerprint density at radius 1 is 0.900 bits per heavy atom. The van der Waals surface area contributed by atoms with Gasteiger partial charge >= 0.3 is 0 Å². The normalized spacial score (nSPS) is 13.8. The highest BCUT2D eigenvalue weighted by Gasteiger charge is 2.28. The summed E-state index contributed by atoms with van der Waals surface area (Å²) in [7, 11) is 0. The number of amides is 3. The summed E-state index contributed by atoms with van der Waals surface area (Å²) < 4.78 is 0. The van der Waals surface area contributed by atoms with E-state index in [4.69, 9.17) is 11.5 Å². The Morgan fingerprint density at radius 3 is 1.83 bits per heavy atom. The van der Waals surface area contributed by atoms with Crippen LogP contribution in [0.5, 0.6) is 0 Å². The number of nitrogens with two attached hydrogens (primary N) is 2. The monoisotopic (exact) mass is 427 g/mol. The van der Waals surface area contributed by atoms with Crippen LogP contribution in [-0.4, -0.2) is 54.6 Å². The van der Waals surface area contributed by atoms with Crippen LogP contribution >= 0.6 is 0 Å². The van der Waals surface area contributed by atoms with Crippen molar-refractivity contribution in [3.8, 4) is 0 Å². The lowest BCUT2D eigenvalue weighted by Crippen LogP contribution is -2.55. The van der Waals surface area contributed by atoms with Crippen LogP contribution in [0.2, 0.25) is 0 Å². The predicted molar refractivity (Wildman–Crippen MR) is 116 cm³/mol. The molecule has 0 aliphatic carbocycles. The van der Waals surface area contributed by atoms with Gasteiger partial charge in [0.15, 0.2) is 5.96 Å². The van der Waals surface area contributed by atoms with E-state index in [1.54, 1.807) is 0 Å². The van der Waals surface area contributed by atoms with Crippen molar-refractivity contribution in [1.29, 1.82) is 0 Å². The quantitative estimate of drug-likeness (QED) is 0.0845. The molecule has 0 radical (unpaired) electrons. The maximum atomic E-state index is 12.8. The van der Waals surface area contributed by atoms with Gasteiger partial charge < -0.3 is 32.2 Å². The lowest BCUT2D eigenvalue weighted by atomic mass is 10.00. The second-order valence-electron chi connectivity index (χ2n) is 8.27. The molecule has 172 valence electrons. The summed E-state index contributed by atoms with van der Waals surface area (Å²) >= 11 is 0. The molecule has 10 nitrogen and oxygen atoms in total. The van der Waals surface area contributed by atoms with Gasteiger partial charge in [-0.05, 0) is 37.5 Å². The summed E-state index contributed by atoms with van der Waals surface area (Å²) in [6.07, 6.45) is 2.38. The lowest BCUT2D eigenvalue weighted by molar-refractivity contribution is -0.133. The van der Waals surface area contributed by atoms with Crippen molar-refractivity contribution in [2.24, 2.45) is 28.3 Å². The molecule has 0 aromatic rings. The minimum atomic E-state index is -0.818. The van der Waals surface area contributed by atoms with Crippen molar-refractivity contribution in [1.82, 2.24) is 16.0 Å². The largest absolute Gasteiger partial charge is 0.370 e. The molecule has 0 aliphatic rings. The van der Waals surface area contributed by atoms with Crippen LogP contribution in [-0.2, 0) is 19.2 Å². The van der Waals surface area contributed by atoms with Crippen LogP contribution < -0.4 is 27.4 Å². The van der Waals surface area contributed by atoms with Crippen LogP contribution in [0.3, 0.4) is 0 Å². The third kappa shape index (κ3) is 12.7. The molecule has 3 atom stereocenters.